The number of halogens is 2. The van der Waals surface area contributed by atoms with Crippen molar-refractivity contribution in [2.45, 2.75) is 39.7 Å². The van der Waals surface area contributed by atoms with Gasteiger partial charge in [0.05, 0.1) is 0 Å². The zero-order valence-electron chi connectivity index (χ0n) is 11.0. The molecule has 18 heavy (non-hydrogen) atoms. The largest absolute Gasteiger partial charge is 0.353 e. The zero-order valence-corrected chi connectivity index (χ0v) is 12.5. The first kappa shape index (κ1) is 15.3. The van der Waals surface area contributed by atoms with E-state index < -0.39 is 0 Å². The van der Waals surface area contributed by atoms with E-state index in [0.29, 0.717) is 28.8 Å². The predicted octanol–water partition coefficient (Wildman–Crippen LogP) is 4.09. The number of hydrogen-bond donors (Lipinski definition) is 1. The number of amides is 1. The van der Waals surface area contributed by atoms with Crippen molar-refractivity contribution in [3.63, 3.8) is 0 Å². The Hall–Kier alpha value is -0.730. The Balaban J connectivity index is 2.53. The van der Waals surface area contributed by atoms with Crippen molar-refractivity contribution < 1.29 is 4.79 Å². The van der Waals surface area contributed by atoms with Gasteiger partial charge in [0.25, 0.3) is 0 Å². The first-order valence-electron chi connectivity index (χ1n) is 6.14. The second-order valence-electron chi connectivity index (χ2n) is 4.80. The van der Waals surface area contributed by atoms with Crippen LogP contribution in [0, 0.1) is 5.92 Å². The van der Waals surface area contributed by atoms with E-state index in [2.05, 4.69) is 19.2 Å². The highest BCUT2D eigenvalue weighted by atomic mass is 35.5. The Labute approximate surface area is 119 Å². The van der Waals surface area contributed by atoms with E-state index >= 15 is 0 Å². The molecule has 0 spiro atoms. The van der Waals surface area contributed by atoms with Crippen molar-refractivity contribution in [2.75, 3.05) is 0 Å². The van der Waals surface area contributed by atoms with Crippen molar-refractivity contribution in [1.29, 1.82) is 0 Å². The first-order chi connectivity index (χ1) is 8.41. The van der Waals surface area contributed by atoms with Gasteiger partial charge in [-0.2, -0.15) is 0 Å². The summed E-state index contributed by atoms with van der Waals surface area (Å²) in [6.07, 6.45) is 0.968. The Bertz CT molecular complexity index is 398. The normalized spacial score (nSPS) is 12.6. The highest BCUT2D eigenvalue weighted by Gasteiger charge is 2.12. The third-order valence-corrected chi connectivity index (χ3v) is 3.76. The van der Waals surface area contributed by atoms with Crippen LogP contribution in [0.5, 0.6) is 0 Å². The Morgan fingerprint density at radius 2 is 1.78 bits per heavy atom. The topological polar surface area (TPSA) is 29.1 Å². The predicted molar refractivity (Wildman–Crippen MR) is 77.2 cm³/mol. The van der Waals surface area contributed by atoms with Gasteiger partial charge in [-0.15, -0.1) is 0 Å². The highest BCUT2D eigenvalue weighted by molar-refractivity contribution is 6.36. The molecule has 100 valence electrons. The third-order valence-electron chi connectivity index (χ3n) is 3.05. The van der Waals surface area contributed by atoms with Gasteiger partial charge < -0.3 is 5.32 Å². The van der Waals surface area contributed by atoms with Crippen LogP contribution in [0.1, 0.15) is 32.8 Å². The molecule has 0 aromatic heterocycles. The van der Waals surface area contributed by atoms with Gasteiger partial charge in [-0.25, -0.2) is 0 Å². The molecule has 1 rings (SSSR count). The van der Waals surface area contributed by atoms with E-state index in [1.165, 1.54) is 0 Å². The van der Waals surface area contributed by atoms with Crippen molar-refractivity contribution in [2.24, 2.45) is 5.92 Å². The van der Waals surface area contributed by atoms with Gasteiger partial charge in [0.15, 0.2) is 0 Å². The first-order valence-corrected chi connectivity index (χ1v) is 6.89. The molecule has 0 saturated carbocycles. The molecule has 4 heteroatoms. The number of rotatable bonds is 5. The summed E-state index contributed by atoms with van der Waals surface area (Å²) in [5.41, 5.74) is 0.841. The van der Waals surface area contributed by atoms with Crippen LogP contribution in [0.4, 0.5) is 0 Å². The van der Waals surface area contributed by atoms with Gasteiger partial charge in [-0.3, -0.25) is 4.79 Å². The minimum atomic E-state index is 0.0344. The average molecular weight is 288 g/mol. The maximum absolute atomic E-state index is 11.8. The molecule has 0 heterocycles. The molecule has 0 unspecified atom stereocenters. The molecule has 2 nitrogen and oxygen atoms in total. The molecule has 0 fully saturated rings. The molecule has 1 atom stereocenters. The van der Waals surface area contributed by atoms with Crippen LogP contribution in [0.3, 0.4) is 0 Å². The van der Waals surface area contributed by atoms with E-state index in [1.54, 1.807) is 18.2 Å². The molecule has 1 aromatic rings. The summed E-state index contributed by atoms with van der Waals surface area (Å²) in [4.78, 5) is 11.8. The lowest BCUT2D eigenvalue weighted by molar-refractivity contribution is -0.121. The van der Waals surface area contributed by atoms with Crippen LogP contribution in [0.25, 0.3) is 0 Å². The fraction of sp³-hybridized carbons (Fsp3) is 0.500. The molecule has 0 radical (unpaired) electrons. The van der Waals surface area contributed by atoms with Crippen LogP contribution < -0.4 is 5.32 Å². The van der Waals surface area contributed by atoms with Crippen molar-refractivity contribution >= 4 is 29.1 Å². The number of benzene rings is 1. The molecule has 1 aromatic carbocycles. The maximum Gasteiger partial charge on any atom is 0.220 e. The Morgan fingerprint density at radius 1 is 1.22 bits per heavy atom. The summed E-state index contributed by atoms with van der Waals surface area (Å²) in [5, 5.41) is 4.20. The van der Waals surface area contributed by atoms with Crippen molar-refractivity contribution in [1.82, 2.24) is 5.32 Å². The third kappa shape index (κ3) is 4.51. The molecule has 0 saturated heterocycles. The minimum absolute atomic E-state index is 0.0344. The Kier molecular flexibility index (Phi) is 5.97. The van der Waals surface area contributed by atoms with Gasteiger partial charge >= 0.3 is 0 Å². The van der Waals surface area contributed by atoms with E-state index in [9.17, 15) is 4.79 Å². The van der Waals surface area contributed by atoms with Crippen molar-refractivity contribution in [3.8, 4) is 0 Å². The van der Waals surface area contributed by atoms with Gasteiger partial charge in [-0.05, 0) is 37.0 Å². The lowest BCUT2D eigenvalue weighted by Crippen LogP contribution is -2.36. The standard InChI is InChI=1S/C14H19Cl2NO/c1-9(2)10(3)17-14(18)8-7-11-12(15)5-4-6-13(11)16/h4-6,9-10H,7-8H2,1-3H3,(H,17,18)/t10-/m1/s1. The fourth-order valence-corrected chi connectivity index (χ4v) is 2.09. The lowest BCUT2D eigenvalue weighted by atomic mass is 10.1. The molecule has 0 aliphatic rings. The molecule has 0 aliphatic heterocycles. The maximum atomic E-state index is 11.8. The summed E-state index contributed by atoms with van der Waals surface area (Å²) in [6, 6.07) is 5.56. The number of nitrogens with one attached hydrogen (secondary N) is 1. The average Bonchev–Trinajstić information content (AvgIpc) is 2.28. The summed E-state index contributed by atoms with van der Waals surface area (Å²) in [7, 11) is 0. The lowest BCUT2D eigenvalue weighted by Gasteiger charge is -2.17. The van der Waals surface area contributed by atoms with E-state index in [-0.39, 0.29) is 11.9 Å². The van der Waals surface area contributed by atoms with Gasteiger partial charge in [0.2, 0.25) is 5.91 Å². The molecular weight excluding hydrogens is 269 g/mol. The summed E-state index contributed by atoms with van der Waals surface area (Å²) < 4.78 is 0. The number of carbonyl (C=O) groups excluding carboxylic acids is 1. The zero-order chi connectivity index (χ0) is 13.7. The Morgan fingerprint density at radius 3 is 2.28 bits per heavy atom. The smallest absolute Gasteiger partial charge is 0.220 e. The fourth-order valence-electron chi connectivity index (χ4n) is 1.50. The van der Waals surface area contributed by atoms with Crippen LogP contribution in [-0.2, 0) is 11.2 Å². The summed E-state index contributed by atoms with van der Waals surface area (Å²) in [6.45, 7) is 6.16. The number of carbonyl (C=O) groups is 1. The van der Waals surface area contributed by atoms with Gasteiger partial charge in [0.1, 0.15) is 0 Å². The molecule has 1 N–H and O–H groups in total. The van der Waals surface area contributed by atoms with E-state index in [0.717, 1.165) is 5.56 Å². The van der Waals surface area contributed by atoms with Crippen molar-refractivity contribution in [3.05, 3.63) is 33.8 Å². The second kappa shape index (κ2) is 7.01. The van der Waals surface area contributed by atoms with E-state index in [4.69, 9.17) is 23.2 Å². The van der Waals surface area contributed by atoms with Gasteiger partial charge in [0, 0.05) is 22.5 Å². The van der Waals surface area contributed by atoms with Crippen LogP contribution in [0.15, 0.2) is 18.2 Å². The van der Waals surface area contributed by atoms with Gasteiger partial charge in [-0.1, -0.05) is 43.1 Å². The molecular formula is C14H19Cl2NO. The second-order valence-corrected chi connectivity index (χ2v) is 5.61. The molecule has 0 bridgehead atoms. The summed E-state index contributed by atoms with van der Waals surface area (Å²) >= 11 is 12.1. The van der Waals surface area contributed by atoms with Crippen LogP contribution >= 0.6 is 23.2 Å². The summed E-state index contributed by atoms with van der Waals surface area (Å²) in [5.74, 6) is 0.463. The highest BCUT2D eigenvalue weighted by Crippen LogP contribution is 2.25. The quantitative estimate of drug-likeness (QED) is 0.868. The van der Waals surface area contributed by atoms with E-state index in [1.807, 2.05) is 6.92 Å². The molecule has 1 amide bonds. The van der Waals surface area contributed by atoms with Crippen LogP contribution in [0.2, 0.25) is 10.0 Å². The minimum Gasteiger partial charge on any atom is -0.353 e. The SMILES string of the molecule is CC(C)[C@@H](C)NC(=O)CCc1c(Cl)cccc1Cl. The molecule has 0 aliphatic carbocycles. The monoisotopic (exact) mass is 287 g/mol. The number of hydrogen-bond acceptors (Lipinski definition) is 1. The van der Waals surface area contributed by atoms with Crippen LogP contribution in [-0.4, -0.2) is 11.9 Å².